The van der Waals surface area contributed by atoms with E-state index in [0.29, 0.717) is 4.90 Å². The van der Waals surface area contributed by atoms with Gasteiger partial charge in [0.1, 0.15) is 11.6 Å². The van der Waals surface area contributed by atoms with Crippen molar-refractivity contribution in [3.8, 4) is 0 Å². The van der Waals surface area contributed by atoms with Gasteiger partial charge in [-0.1, -0.05) is 0 Å². The topological polar surface area (TPSA) is 139 Å². The van der Waals surface area contributed by atoms with Crippen LogP contribution in [0.3, 0.4) is 0 Å². The zero-order valence-corrected chi connectivity index (χ0v) is 14.3. The summed E-state index contributed by atoms with van der Waals surface area (Å²) in [5.41, 5.74) is 5.29. The van der Waals surface area contributed by atoms with E-state index in [9.17, 15) is 19.5 Å². The Balaban J connectivity index is 2.72. The summed E-state index contributed by atoms with van der Waals surface area (Å²) < 4.78 is 5.02. The van der Waals surface area contributed by atoms with E-state index in [0.717, 1.165) is 11.8 Å². The van der Waals surface area contributed by atoms with Crippen LogP contribution in [-0.4, -0.2) is 45.6 Å². The highest BCUT2D eigenvalue weighted by Gasteiger charge is 2.24. The molecule has 8 nitrogen and oxygen atoms in total. The van der Waals surface area contributed by atoms with Crippen molar-refractivity contribution in [3.05, 3.63) is 23.8 Å². The molecule has 1 atom stereocenters. The lowest BCUT2D eigenvalue weighted by Gasteiger charge is -2.22. The zero-order chi connectivity index (χ0) is 18.5. The summed E-state index contributed by atoms with van der Waals surface area (Å²) in [6.07, 6.45) is -0.829. The molecule has 1 rings (SSSR count). The van der Waals surface area contributed by atoms with Crippen molar-refractivity contribution in [1.29, 1.82) is 0 Å². The lowest BCUT2D eigenvalue weighted by molar-refractivity contribution is -0.138. The van der Waals surface area contributed by atoms with Crippen LogP contribution in [0, 0.1) is 0 Å². The second kappa shape index (κ2) is 7.91. The fraction of sp³-hybridized carbons (Fsp3) is 0.400. The second-order valence-electron chi connectivity index (χ2n) is 5.91. The number of ether oxygens (including phenoxy) is 1. The molecule has 0 heterocycles. The van der Waals surface area contributed by atoms with Crippen molar-refractivity contribution in [1.82, 2.24) is 5.32 Å². The molecule has 9 heteroatoms. The molecule has 0 saturated carbocycles. The predicted molar refractivity (Wildman–Crippen MR) is 89.3 cm³/mol. The number of amides is 1. The van der Waals surface area contributed by atoms with E-state index in [1.807, 2.05) is 0 Å². The fourth-order valence-corrected chi connectivity index (χ4v) is 2.57. The van der Waals surface area contributed by atoms with Gasteiger partial charge in [-0.05, 0) is 39.0 Å². The Hall–Kier alpha value is -2.42. The van der Waals surface area contributed by atoms with Gasteiger partial charge in [0.2, 0.25) is 0 Å². The Bertz CT molecular complexity index is 641. The van der Waals surface area contributed by atoms with Crippen LogP contribution < -0.4 is 11.1 Å². The molecule has 0 aliphatic carbocycles. The molecule has 1 aromatic carbocycles. The van der Waals surface area contributed by atoms with Gasteiger partial charge in [-0.3, -0.25) is 0 Å². The zero-order valence-electron chi connectivity index (χ0n) is 13.5. The number of thioether (sulfide) groups is 1. The lowest BCUT2D eigenvalue weighted by Crippen LogP contribution is -2.44. The minimum absolute atomic E-state index is 0.00515. The van der Waals surface area contributed by atoms with Gasteiger partial charge in [0.05, 0.1) is 5.56 Å². The summed E-state index contributed by atoms with van der Waals surface area (Å²) in [5.74, 6) is -2.31. The molecule has 1 aromatic rings. The number of carboxylic acids is 2. The van der Waals surface area contributed by atoms with Gasteiger partial charge in [0.15, 0.2) is 0 Å². The fourth-order valence-electron chi connectivity index (χ4n) is 1.61. The van der Waals surface area contributed by atoms with Crippen LogP contribution in [0.15, 0.2) is 23.1 Å². The third-order valence-electron chi connectivity index (χ3n) is 2.65. The Labute approximate surface area is 143 Å². The van der Waals surface area contributed by atoms with E-state index in [1.54, 1.807) is 20.8 Å². The molecule has 5 N–H and O–H groups in total. The standard InChI is InChI=1S/C15H20N2O6S/c1-15(2,3)23-14(22)17-10(13(20)21)7-24-11-5-4-8(12(18)19)6-9(11)16/h4-6,10H,7,16H2,1-3H3,(H,17,22)(H,18,19)(H,20,21). The number of anilines is 1. The number of hydrogen-bond donors (Lipinski definition) is 4. The van der Waals surface area contributed by atoms with Gasteiger partial charge in [-0.15, -0.1) is 11.8 Å². The van der Waals surface area contributed by atoms with Crippen molar-refractivity contribution in [2.24, 2.45) is 0 Å². The number of alkyl carbamates (subject to hydrolysis) is 1. The molecule has 0 aromatic heterocycles. The number of nitrogens with two attached hydrogens (primary N) is 1. The Morgan fingerprint density at radius 2 is 1.92 bits per heavy atom. The molecule has 0 fully saturated rings. The number of carboxylic acid groups (broad SMARTS) is 2. The molecule has 1 unspecified atom stereocenters. The van der Waals surface area contributed by atoms with Gasteiger partial charge >= 0.3 is 18.0 Å². The van der Waals surface area contributed by atoms with Gasteiger partial charge in [0.25, 0.3) is 0 Å². The number of aromatic carboxylic acids is 1. The molecular weight excluding hydrogens is 336 g/mol. The minimum atomic E-state index is -1.21. The first kappa shape index (κ1) is 19.6. The third kappa shape index (κ3) is 6.37. The summed E-state index contributed by atoms with van der Waals surface area (Å²) >= 11 is 1.09. The predicted octanol–water partition coefficient (Wildman–Crippen LogP) is 2.04. The van der Waals surface area contributed by atoms with Crippen LogP contribution >= 0.6 is 11.8 Å². The van der Waals surface area contributed by atoms with Crippen molar-refractivity contribution in [2.45, 2.75) is 37.3 Å². The lowest BCUT2D eigenvalue weighted by atomic mass is 10.2. The van der Waals surface area contributed by atoms with Crippen molar-refractivity contribution >= 4 is 35.5 Å². The highest BCUT2D eigenvalue weighted by Crippen LogP contribution is 2.26. The molecule has 0 radical (unpaired) electrons. The summed E-state index contributed by atoms with van der Waals surface area (Å²) in [6.45, 7) is 5.01. The quantitative estimate of drug-likeness (QED) is 0.448. The number of hydrogen-bond acceptors (Lipinski definition) is 6. The van der Waals surface area contributed by atoms with E-state index in [2.05, 4.69) is 5.32 Å². The second-order valence-corrected chi connectivity index (χ2v) is 6.97. The third-order valence-corrected chi connectivity index (χ3v) is 3.83. The van der Waals surface area contributed by atoms with Crippen molar-refractivity contribution < 1.29 is 29.3 Å². The van der Waals surface area contributed by atoms with Crippen molar-refractivity contribution in [3.63, 3.8) is 0 Å². The largest absolute Gasteiger partial charge is 0.480 e. The number of nitrogen functional groups attached to an aromatic ring is 1. The number of rotatable bonds is 6. The number of aliphatic carboxylic acids is 1. The van der Waals surface area contributed by atoms with Crippen LogP contribution in [0.5, 0.6) is 0 Å². The van der Waals surface area contributed by atoms with E-state index in [-0.39, 0.29) is 17.0 Å². The molecule has 0 saturated heterocycles. The first-order valence-corrected chi connectivity index (χ1v) is 7.96. The van der Waals surface area contributed by atoms with E-state index in [1.165, 1.54) is 18.2 Å². The molecule has 1 amide bonds. The number of benzene rings is 1. The smallest absolute Gasteiger partial charge is 0.408 e. The number of carbonyl (C=O) groups is 3. The van der Waals surface area contributed by atoms with Gasteiger partial charge in [0, 0.05) is 16.3 Å². The van der Waals surface area contributed by atoms with Crippen LogP contribution in [0.25, 0.3) is 0 Å². The average molecular weight is 356 g/mol. The van der Waals surface area contributed by atoms with Gasteiger partial charge in [-0.25, -0.2) is 14.4 Å². The summed E-state index contributed by atoms with van der Waals surface area (Å²) in [6, 6.07) is 2.98. The SMILES string of the molecule is CC(C)(C)OC(=O)NC(CSc1ccc(C(=O)O)cc1N)C(=O)O. The molecule has 132 valence electrons. The maximum absolute atomic E-state index is 11.7. The molecule has 0 bridgehead atoms. The summed E-state index contributed by atoms with van der Waals surface area (Å²) in [5, 5.41) is 20.3. The van der Waals surface area contributed by atoms with Crippen LogP contribution in [-0.2, 0) is 9.53 Å². The highest BCUT2D eigenvalue weighted by molar-refractivity contribution is 7.99. The Morgan fingerprint density at radius 3 is 2.38 bits per heavy atom. The Morgan fingerprint density at radius 1 is 1.29 bits per heavy atom. The van der Waals surface area contributed by atoms with E-state index >= 15 is 0 Å². The number of carbonyl (C=O) groups excluding carboxylic acids is 1. The molecular formula is C15H20N2O6S. The molecule has 0 aliphatic rings. The normalized spacial score (nSPS) is 12.3. The maximum atomic E-state index is 11.7. The van der Waals surface area contributed by atoms with Gasteiger partial charge in [-0.2, -0.15) is 0 Å². The van der Waals surface area contributed by atoms with E-state index < -0.39 is 29.7 Å². The summed E-state index contributed by atoms with van der Waals surface area (Å²) in [4.78, 5) is 34.3. The average Bonchev–Trinajstić information content (AvgIpc) is 2.41. The Kier molecular flexibility index (Phi) is 6.47. The summed E-state index contributed by atoms with van der Waals surface area (Å²) in [7, 11) is 0. The van der Waals surface area contributed by atoms with Gasteiger partial charge < -0.3 is 26.0 Å². The molecule has 0 spiro atoms. The van der Waals surface area contributed by atoms with Crippen LogP contribution in [0.2, 0.25) is 0 Å². The van der Waals surface area contributed by atoms with Crippen LogP contribution in [0.4, 0.5) is 10.5 Å². The van der Waals surface area contributed by atoms with Crippen molar-refractivity contribution in [2.75, 3.05) is 11.5 Å². The van der Waals surface area contributed by atoms with E-state index in [4.69, 9.17) is 15.6 Å². The minimum Gasteiger partial charge on any atom is -0.480 e. The highest BCUT2D eigenvalue weighted by atomic mass is 32.2. The first-order valence-electron chi connectivity index (χ1n) is 6.97. The monoisotopic (exact) mass is 356 g/mol. The maximum Gasteiger partial charge on any atom is 0.408 e. The first-order chi connectivity index (χ1) is 11.0. The molecule has 24 heavy (non-hydrogen) atoms. The number of nitrogens with one attached hydrogen (secondary N) is 1. The molecule has 0 aliphatic heterocycles. The van der Waals surface area contributed by atoms with Crippen LogP contribution in [0.1, 0.15) is 31.1 Å².